The van der Waals surface area contributed by atoms with Crippen LogP contribution in [0.3, 0.4) is 0 Å². The number of rotatable bonds is 6. The second-order valence-corrected chi connectivity index (χ2v) is 7.37. The van der Waals surface area contributed by atoms with Gasteiger partial charge in [0.15, 0.2) is 11.6 Å². The fraction of sp³-hybridized carbons (Fsp3) is 0.409. The Bertz CT molecular complexity index is 835. The van der Waals surface area contributed by atoms with E-state index in [0.29, 0.717) is 12.6 Å². The van der Waals surface area contributed by atoms with Gasteiger partial charge in [-0.05, 0) is 44.0 Å². The van der Waals surface area contributed by atoms with Gasteiger partial charge in [-0.1, -0.05) is 30.3 Å². The molecule has 1 aliphatic heterocycles. The molecular weight excluding hydrogens is 365 g/mol. The summed E-state index contributed by atoms with van der Waals surface area (Å²) in [5, 5.41) is 0. The summed E-state index contributed by atoms with van der Waals surface area (Å²) in [4.78, 5) is 16.8. The summed E-state index contributed by atoms with van der Waals surface area (Å²) in [6.07, 6.45) is 1.96. The van der Waals surface area contributed by atoms with Crippen LogP contribution in [0.4, 0.5) is 13.2 Å². The third-order valence-corrected chi connectivity index (χ3v) is 5.54. The number of nitrogens with zero attached hydrogens (tertiary/aromatic N) is 2. The molecule has 0 unspecified atom stereocenters. The summed E-state index contributed by atoms with van der Waals surface area (Å²) in [6.45, 7) is 3.96. The van der Waals surface area contributed by atoms with Crippen molar-refractivity contribution in [3.63, 3.8) is 0 Å². The van der Waals surface area contributed by atoms with Crippen molar-refractivity contribution in [1.82, 2.24) is 9.80 Å². The fourth-order valence-corrected chi connectivity index (χ4v) is 3.76. The van der Waals surface area contributed by atoms with Gasteiger partial charge in [-0.3, -0.25) is 4.79 Å². The van der Waals surface area contributed by atoms with Crippen LogP contribution in [0, 0.1) is 24.4 Å². The highest BCUT2D eigenvalue weighted by Crippen LogP contribution is 2.25. The molecule has 150 valence electrons. The largest absolute Gasteiger partial charge is 0.337 e. The van der Waals surface area contributed by atoms with E-state index in [9.17, 15) is 18.0 Å². The van der Waals surface area contributed by atoms with Crippen molar-refractivity contribution in [2.45, 2.75) is 32.2 Å². The van der Waals surface area contributed by atoms with E-state index in [0.717, 1.165) is 31.5 Å². The average Bonchev–Trinajstić information content (AvgIpc) is 3.21. The van der Waals surface area contributed by atoms with Gasteiger partial charge in [-0.25, -0.2) is 13.2 Å². The Labute approximate surface area is 163 Å². The first-order valence-corrected chi connectivity index (χ1v) is 9.54. The summed E-state index contributed by atoms with van der Waals surface area (Å²) >= 11 is 0. The van der Waals surface area contributed by atoms with Gasteiger partial charge in [0.25, 0.3) is 0 Å². The molecule has 0 saturated carbocycles. The highest BCUT2D eigenvalue weighted by molar-refractivity contribution is 5.79. The van der Waals surface area contributed by atoms with Gasteiger partial charge in [0, 0.05) is 25.2 Å². The standard InChI is InChI=1S/C22H25F3N2O/c1-15-17(18(23)13-19(24)22(15)25)12-21(28)26(2)20(14-27-10-6-7-11-27)16-8-4-3-5-9-16/h3-5,8-9,13,20H,6-7,10-12,14H2,1-2H3/t20-/m1/s1. The number of likely N-dealkylation sites (N-methyl/N-ethyl adjacent to an activating group) is 1. The van der Waals surface area contributed by atoms with Crippen molar-refractivity contribution in [2.75, 3.05) is 26.7 Å². The van der Waals surface area contributed by atoms with Crippen molar-refractivity contribution < 1.29 is 18.0 Å². The third-order valence-electron chi connectivity index (χ3n) is 5.54. The quantitative estimate of drug-likeness (QED) is 0.689. The predicted octanol–water partition coefficient (Wildman–Crippen LogP) is 4.25. The maximum Gasteiger partial charge on any atom is 0.227 e. The molecule has 1 amide bonds. The Kier molecular flexibility index (Phi) is 6.39. The SMILES string of the molecule is Cc1c(F)c(F)cc(F)c1CC(=O)N(C)[C@H](CN1CCCC1)c1ccccc1. The summed E-state index contributed by atoms with van der Waals surface area (Å²) in [7, 11) is 1.68. The maximum atomic E-state index is 14.2. The summed E-state index contributed by atoms with van der Waals surface area (Å²) in [5.41, 5.74) is 0.742. The zero-order chi connectivity index (χ0) is 20.3. The Morgan fingerprint density at radius 3 is 2.39 bits per heavy atom. The molecule has 2 aromatic carbocycles. The number of carbonyl (C=O) groups is 1. The Hall–Kier alpha value is -2.34. The molecule has 1 saturated heterocycles. The minimum Gasteiger partial charge on any atom is -0.337 e. The van der Waals surface area contributed by atoms with Gasteiger partial charge < -0.3 is 9.80 Å². The van der Waals surface area contributed by atoms with Crippen LogP contribution in [0.15, 0.2) is 36.4 Å². The van der Waals surface area contributed by atoms with E-state index in [2.05, 4.69) is 4.90 Å². The molecule has 0 bridgehead atoms. The van der Waals surface area contributed by atoms with Gasteiger partial charge in [0.2, 0.25) is 5.91 Å². The molecule has 1 atom stereocenters. The Balaban J connectivity index is 1.83. The second-order valence-electron chi connectivity index (χ2n) is 7.37. The molecule has 6 heteroatoms. The third kappa shape index (κ3) is 4.38. The van der Waals surface area contributed by atoms with Gasteiger partial charge in [0.05, 0.1) is 12.5 Å². The first-order valence-electron chi connectivity index (χ1n) is 9.54. The lowest BCUT2D eigenvalue weighted by Crippen LogP contribution is -2.39. The van der Waals surface area contributed by atoms with Crippen molar-refractivity contribution in [1.29, 1.82) is 0 Å². The van der Waals surface area contributed by atoms with Gasteiger partial charge in [-0.2, -0.15) is 0 Å². The molecule has 1 heterocycles. The Morgan fingerprint density at radius 2 is 1.75 bits per heavy atom. The number of hydrogen-bond acceptors (Lipinski definition) is 2. The second kappa shape index (κ2) is 8.78. The van der Waals surface area contributed by atoms with Crippen LogP contribution in [0.1, 0.15) is 35.6 Å². The molecule has 1 fully saturated rings. The van der Waals surface area contributed by atoms with Gasteiger partial charge in [0.1, 0.15) is 5.82 Å². The molecule has 3 rings (SSSR count). The van der Waals surface area contributed by atoms with Crippen molar-refractivity contribution in [3.8, 4) is 0 Å². The predicted molar refractivity (Wildman–Crippen MR) is 102 cm³/mol. The van der Waals surface area contributed by atoms with E-state index in [1.807, 2.05) is 30.3 Å². The summed E-state index contributed by atoms with van der Waals surface area (Å²) in [6, 6.07) is 10.00. The number of amides is 1. The molecule has 28 heavy (non-hydrogen) atoms. The minimum atomic E-state index is -1.24. The molecule has 0 aliphatic carbocycles. The van der Waals surface area contributed by atoms with Gasteiger partial charge in [-0.15, -0.1) is 0 Å². The van der Waals surface area contributed by atoms with Crippen LogP contribution < -0.4 is 0 Å². The first kappa shape index (κ1) is 20.4. The number of hydrogen-bond donors (Lipinski definition) is 0. The Morgan fingerprint density at radius 1 is 1.11 bits per heavy atom. The molecule has 2 aromatic rings. The molecule has 0 aromatic heterocycles. The fourth-order valence-electron chi connectivity index (χ4n) is 3.76. The van der Waals surface area contributed by atoms with Crippen molar-refractivity contribution in [2.24, 2.45) is 0 Å². The number of carbonyl (C=O) groups excluding carboxylic acids is 1. The van der Waals surface area contributed by atoms with Crippen LogP contribution in [0.2, 0.25) is 0 Å². The zero-order valence-electron chi connectivity index (χ0n) is 16.2. The molecule has 0 radical (unpaired) electrons. The van der Waals surface area contributed by atoms with Crippen LogP contribution in [0.25, 0.3) is 0 Å². The topological polar surface area (TPSA) is 23.6 Å². The van der Waals surface area contributed by atoms with E-state index in [1.54, 1.807) is 11.9 Å². The lowest BCUT2D eigenvalue weighted by molar-refractivity contribution is -0.131. The summed E-state index contributed by atoms with van der Waals surface area (Å²) in [5.74, 6) is -3.57. The lowest BCUT2D eigenvalue weighted by Gasteiger charge is -2.32. The highest BCUT2D eigenvalue weighted by Gasteiger charge is 2.27. The highest BCUT2D eigenvalue weighted by atomic mass is 19.2. The van der Waals surface area contributed by atoms with Crippen LogP contribution >= 0.6 is 0 Å². The van der Waals surface area contributed by atoms with Crippen molar-refractivity contribution in [3.05, 3.63) is 70.5 Å². The van der Waals surface area contributed by atoms with E-state index < -0.39 is 17.5 Å². The summed E-state index contributed by atoms with van der Waals surface area (Å²) < 4.78 is 41.4. The molecule has 0 N–H and O–H groups in total. The number of benzene rings is 2. The lowest BCUT2D eigenvalue weighted by atomic mass is 10.0. The zero-order valence-corrected chi connectivity index (χ0v) is 16.2. The first-order chi connectivity index (χ1) is 13.4. The normalized spacial score (nSPS) is 15.6. The molecular formula is C22H25F3N2O. The monoisotopic (exact) mass is 390 g/mol. The van der Waals surface area contributed by atoms with E-state index in [-0.39, 0.29) is 29.5 Å². The van der Waals surface area contributed by atoms with Crippen LogP contribution in [0.5, 0.6) is 0 Å². The number of likely N-dealkylation sites (tertiary alicyclic amines) is 1. The molecule has 1 aliphatic rings. The molecule has 3 nitrogen and oxygen atoms in total. The van der Waals surface area contributed by atoms with E-state index in [4.69, 9.17) is 0 Å². The maximum absolute atomic E-state index is 14.2. The van der Waals surface area contributed by atoms with Crippen molar-refractivity contribution >= 4 is 5.91 Å². The van der Waals surface area contributed by atoms with Crippen LogP contribution in [-0.2, 0) is 11.2 Å². The van der Waals surface area contributed by atoms with E-state index in [1.165, 1.54) is 6.92 Å². The number of halogens is 3. The van der Waals surface area contributed by atoms with E-state index >= 15 is 0 Å². The molecule has 0 spiro atoms. The minimum absolute atomic E-state index is 0.0938. The van der Waals surface area contributed by atoms with Crippen LogP contribution in [-0.4, -0.2) is 42.4 Å². The van der Waals surface area contributed by atoms with Gasteiger partial charge >= 0.3 is 0 Å². The smallest absolute Gasteiger partial charge is 0.227 e. The average molecular weight is 390 g/mol.